The Bertz CT molecular complexity index is 1260. The summed E-state index contributed by atoms with van der Waals surface area (Å²) in [5, 5.41) is 10.6. The molecule has 2 aliphatic heterocycles. The van der Waals surface area contributed by atoms with Crippen molar-refractivity contribution in [3.63, 3.8) is 0 Å². The van der Waals surface area contributed by atoms with Crippen molar-refractivity contribution in [1.82, 2.24) is 9.80 Å². The number of Topliss-reactive ketones (excluding diaryl/α,β-unsaturated/α-hetero) is 2. The first kappa shape index (κ1) is 32.6. The number of anilines is 1. The fourth-order valence-corrected chi connectivity index (χ4v) is 6.25. The lowest BCUT2D eigenvalue weighted by Crippen LogP contribution is -2.48. The zero-order chi connectivity index (χ0) is 31.3. The third-order valence-corrected chi connectivity index (χ3v) is 9.11. The van der Waals surface area contributed by atoms with Gasteiger partial charge >= 0.3 is 6.09 Å². The van der Waals surface area contributed by atoms with E-state index in [0.29, 0.717) is 44.5 Å². The molecule has 2 heterocycles. The molecule has 9 nitrogen and oxygen atoms in total. The van der Waals surface area contributed by atoms with Gasteiger partial charge in [0.05, 0.1) is 12.0 Å². The Kier molecular flexibility index (Phi) is 11.0. The normalized spacial score (nSPS) is 29.3. The molecule has 234 valence electrons. The molecular weight excluding hydrogens is 546 g/mol. The maximum absolute atomic E-state index is 13.6. The summed E-state index contributed by atoms with van der Waals surface area (Å²) in [5.74, 6) is -2.22. The van der Waals surface area contributed by atoms with Gasteiger partial charge in [-0.3, -0.25) is 14.4 Å². The third kappa shape index (κ3) is 8.21. The number of likely N-dealkylation sites (N-methyl/N-ethyl adjacent to an activating group) is 1. The van der Waals surface area contributed by atoms with Crippen LogP contribution in [-0.4, -0.2) is 90.5 Å². The molecule has 1 aliphatic carbocycles. The van der Waals surface area contributed by atoms with Crippen LogP contribution in [0.25, 0.3) is 6.08 Å². The summed E-state index contributed by atoms with van der Waals surface area (Å²) >= 11 is 0. The van der Waals surface area contributed by atoms with Gasteiger partial charge in [-0.2, -0.15) is 0 Å². The van der Waals surface area contributed by atoms with Gasteiger partial charge in [-0.25, -0.2) is 4.79 Å². The Hall–Kier alpha value is -3.30. The lowest BCUT2D eigenvalue weighted by Gasteiger charge is -2.33. The molecule has 0 unspecified atom stereocenters. The van der Waals surface area contributed by atoms with Gasteiger partial charge in [0.25, 0.3) is 0 Å². The predicted molar refractivity (Wildman–Crippen MR) is 167 cm³/mol. The average molecular weight is 594 g/mol. The third-order valence-electron chi connectivity index (χ3n) is 9.11. The Labute approximate surface area is 255 Å². The molecular formula is C34H47N3O6. The van der Waals surface area contributed by atoms with E-state index >= 15 is 0 Å². The molecule has 2 fully saturated rings. The number of nitrogens with zero attached hydrogens (tertiary/aromatic N) is 3. The van der Waals surface area contributed by atoms with Gasteiger partial charge in [0.1, 0.15) is 6.10 Å². The van der Waals surface area contributed by atoms with Crippen LogP contribution in [0.15, 0.2) is 35.9 Å². The van der Waals surface area contributed by atoms with Crippen molar-refractivity contribution in [2.75, 3.05) is 44.7 Å². The second-order valence-electron chi connectivity index (χ2n) is 12.6. The van der Waals surface area contributed by atoms with Crippen LogP contribution in [0.5, 0.6) is 0 Å². The number of amides is 2. The number of carbonyl (C=O) groups is 4. The number of aryl methyl sites for hydroxylation is 1. The first-order valence-corrected chi connectivity index (χ1v) is 15.6. The van der Waals surface area contributed by atoms with E-state index in [2.05, 4.69) is 4.90 Å². The highest BCUT2D eigenvalue weighted by Crippen LogP contribution is 2.31. The summed E-state index contributed by atoms with van der Waals surface area (Å²) in [7, 11) is 2.03. The van der Waals surface area contributed by atoms with E-state index in [9.17, 15) is 24.3 Å². The van der Waals surface area contributed by atoms with Crippen LogP contribution in [0.4, 0.5) is 10.5 Å². The molecule has 0 bridgehead atoms. The summed E-state index contributed by atoms with van der Waals surface area (Å²) in [4.78, 5) is 57.8. The number of rotatable bonds is 4. The lowest BCUT2D eigenvalue weighted by molar-refractivity contribution is -0.140. The number of hydrogen-bond donors (Lipinski definition) is 1. The van der Waals surface area contributed by atoms with Crippen LogP contribution in [0.2, 0.25) is 0 Å². The van der Waals surface area contributed by atoms with Crippen molar-refractivity contribution in [3.05, 3.63) is 47.1 Å². The monoisotopic (exact) mass is 593 g/mol. The number of allylic oxidation sites excluding steroid dienone is 2. The molecule has 2 saturated heterocycles. The number of aliphatic hydroxyl groups excluding tert-OH is 1. The molecule has 3 aliphatic rings. The highest BCUT2D eigenvalue weighted by atomic mass is 16.6. The highest BCUT2D eigenvalue weighted by Gasteiger charge is 2.33. The van der Waals surface area contributed by atoms with Crippen molar-refractivity contribution in [3.8, 4) is 0 Å². The van der Waals surface area contributed by atoms with E-state index in [4.69, 9.17) is 4.74 Å². The molecule has 0 radical (unpaired) electrons. The first-order chi connectivity index (χ1) is 20.4. The summed E-state index contributed by atoms with van der Waals surface area (Å²) in [5.41, 5.74) is 3.41. The maximum atomic E-state index is 13.6. The van der Waals surface area contributed by atoms with E-state index in [1.165, 1.54) is 0 Å². The topological polar surface area (TPSA) is 107 Å². The van der Waals surface area contributed by atoms with E-state index in [1.54, 1.807) is 4.90 Å². The summed E-state index contributed by atoms with van der Waals surface area (Å²) in [6.07, 6.45) is 5.79. The molecule has 5 atom stereocenters. The Morgan fingerprint density at radius 2 is 1.74 bits per heavy atom. The Morgan fingerprint density at radius 3 is 2.42 bits per heavy atom. The van der Waals surface area contributed by atoms with Crippen LogP contribution >= 0.6 is 0 Å². The minimum atomic E-state index is -0.950. The largest absolute Gasteiger partial charge is 0.442 e. The van der Waals surface area contributed by atoms with Gasteiger partial charge in [-0.05, 0) is 75.3 Å². The fourth-order valence-electron chi connectivity index (χ4n) is 6.25. The average Bonchev–Trinajstić information content (AvgIpc) is 3.40. The van der Waals surface area contributed by atoms with Gasteiger partial charge < -0.3 is 24.5 Å². The van der Waals surface area contributed by atoms with Gasteiger partial charge in [-0.15, -0.1) is 0 Å². The minimum Gasteiger partial charge on any atom is -0.442 e. The van der Waals surface area contributed by atoms with Crippen LogP contribution < -0.4 is 4.90 Å². The van der Waals surface area contributed by atoms with Crippen LogP contribution in [0.3, 0.4) is 0 Å². The quantitative estimate of drug-likeness (QED) is 0.407. The minimum absolute atomic E-state index is 0.0888. The second kappa shape index (κ2) is 14.4. The Balaban J connectivity index is 1.61. The molecule has 0 saturated carbocycles. The van der Waals surface area contributed by atoms with E-state index in [1.807, 2.05) is 76.1 Å². The SMILES string of the molecule is C/C(=C\c1ccc(C)c(N2CCCC2=O)c1)[C@H]1C(=O)C(=O)C[C@H](O)CC[C@H](C)[C@@H](OC(=O)N2CCN(C)CC2)/C=C/[C@@H]1C. The summed E-state index contributed by atoms with van der Waals surface area (Å²) < 4.78 is 5.99. The summed E-state index contributed by atoms with van der Waals surface area (Å²) in [6.45, 7) is 11.1. The Morgan fingerprint density at radius 1 is 1.02 bits per heavy atom. The van der Waals surface area contributed by atoms with Gasteiger partial charge in [-0.1, -0.05) is 43.7 Å². The molecule has 0 spiro atoms. The number of ketones is 2. The van der Waals surface area contributed by atoms with E-state index < -0.39 is 29.7 Å². The fraction of sp³-hybridized carbons (Fsp3) is 0.588. The smallest absolute Gasteiger partial charge is 0.410 e. The lowest BCUT2D eigenvalue weighted by atomic mass is 9.79. The molecule has 2 amide bonds. The molecule has 9 heteroatoms. The molecule has 43 heavy (non-hydrogen) atoms. The predicted octanol–water partition coefficient (Wildman–Crippen LogP) is 4.41. The standard InChI is InChI=1S/C34H47N3O6/c1-22-8-11-26(20-28(22)37-14-6-7-31(37)40)19-25(4)32-24(3)10-13-30(43-34(42)36-17-15-35(5)16-18-36)23(2)9-12-27(38)21-29(39)33(32)41/h8,10-11,13,19-20,23-24,27,30,32,38H,6-7,9,12,14-18,21H2,1-5H3/b13-10+,25-19+/t23-,24-,27+,30-,32-/m0/s1. The van der Waals surface area contributed by atoms with Crippen LogP contribution in [-0.2, 0) is 19.1 Å². The number of benzene rings is 1. The van der Waals surface area contributed by atoms with Gasteiger partial charge in [0.2, 0.25) is 17.5 Å². The number of ether oxygens (including phenoxy) is 1. The second-order valence-corrected chi connectivity index (χ2v) is 12.6. The molecule has 1 aromatic carbocycles. The highest BCUT2D eigenvalue weighted by molar-refractivity contribution is 6.38. The first-order valence-electron chi connectivity index (χ1n) is 15.6. The van der Waals surface area contributed by atoms with Crippen LogP contribution in [0, 0.1) is 24.7 Å². The van der Waals surface area contributed by atoms with Gasteiger partial charge in [0, 0.05) is 51.3 Å². The van der Waals surface area contributed by atoms with E-state index in [0.717, 1.165) is 36.3 Å². The molecule has 1 N–H and O–H groups in total. The zero-order valence-corrected chi connectivity index (χ0v) is 26.3. The van der Waals surface area contributed by atoms with Crippen LogP contribution in [0.1, 0.15) is 64.0 Å². The van der Waals surface area contributed by atoms with Gasteiger partial charge in [0.15, 0.2) is 0 Å². The maximum Gasteiger partial charge on any atom is 0.410 e. The molecule has 4 rings (SSSR count). The number of piperazine rings is 1. The van der Waals surface area contributed by atoms with Crippen molar-refractivity contribution in [1.29, 1.82) is 0 Å². The van der Waals surface area contributed by atoms with Crippen molar-refractivity contribution in [2.45, 2.75) is 72.0 Å². The zero-order valence-electron chi connectivity index (χ0n) is 26.3. The molecule has 1 aromatic rings. The van der Waals surface area contributed by atoms with Crippen molar-refractivity contribution >= 4 is 35.3 Å². The number of aliphatic hydroxyl groups is 1. The molecule has 0 aromatic heterocycles. The number of carbonyl (C=O) groups excluding carboxylic acids is 4. The number of hydrogen-bond acceptors (Lipinski definition) is 7. The van der Waals surface area contributed by atoms with Crippen molar-refractivity contribution < 1.29 is 29.0 Å². The summed E-state index contributed by atoms with van der Waals surface area (Å²) in [6, 6.07) is 5.88. The van der Waals surface area contributed by atoms with Crippen molar-refractivity contribution in [2.24, 2.45) is 17.8 Å². The van der Waals surface area contributed by atoms with E-state index in [-0.39, 0.29) is 30.3 Å².